The second kappa shape index (κ2) is 13.4. The highest BCUT2D eigenvalue weighted by atomic mass is 35.5. The minimum absolute atomic E-state index is 0.000655. The van der Waals surface area contributed by atoms with E-state index in [0.717, 1.165) is 11.8 Å². The van der Waals surface area contributed by atoms with Crippen molar-refractivity contribution in [1.82, 2.24) is 20.1 Å². The number of ether oxygens (including phenoxy) is 1. The number of amides is 1. The van der Waals surface area contributed by atoms with Gasteiger partial charge in [0.1, 0.15) is 12.0 Å². The molecule has 0 spiro atoms. The highest BCUT2D eigenvalue weighted by Crippen LogP contribution is 2.50. The standard InChI is InChI=1S/C16H25N3O2.C11H13ClN4O/c1-10(2)18-13(7-8-17)16(21)19-14(9-20)15(11-3-4-11)12-5-6-12;1-7(16-6-9(13)5-15-16)10-3-8(12)4-14-11(10)17-2/h7-12,14-15H,3-6,17H2,1-2H3,(H,19,21);3-7H,13H2,1-2H3/b8-7-,18-13?;. The maximum atomic E-state index is 12.3. The molecule has 10 nitrogen and oxygen atoms in total. The number of halogens is 1. The predicted octanol–water partition coefficient (Wildman–Crippen LogP) is 3.56. The summed E-state index contributed by atoms with van der Waals surface area (Å²) in [5, 5.41) is 7.58. The zero-order valence-electron chi connectivity index (χ0n) is 22.4. The summed E-state index contributed by atoms with van der Waals surface area (Å²) in [5.41, 5.74) is 12.8. The van der Waals surface area contributed by atoms with Gasteiger partial charge in [0, 0.05) is 24.0 Å². The second-order valence-electron chi connectivity index (χ2n) is 10.0. The number of pyridine rings is 1. The number of aromatic nitrogens is 3. The Morgan fingerprint density at radius 3 is 2.37 bits per heavy atom. The molecule has 2 unspecified atom stereocenters. The van der Waals surface area contributed by atoms with Crippen molar-refractivity contribution in [3.8, 4) is 5.88 Å². The molecule has 2 aromatic heterocycles. The lowest BCUT2D eigenvalue weighted by atomic mass is 9.90. The quantitative estimate of drug-likeness (QED) is 0.289. The molecule has 0 aliphatic heterocycles. The molecule has 4 rings (SSSR count). The lowest BCUT2D eigenvalue weighted by molar-refractivity contribution is -0.120. The van der Waals surface area contributed by atoms with Gasteiger partial charge in [-0.05, 0) is 82.6 Å². The highest BCUT2D eigenvalue weighted by molar-refractivity contribution is 6.43. The van der Waals surface area contributed by atoms with Crippen LogP contribution in [0.4, 0.5) is 5.69 Å². The van der Waals surface area contributed by atoms with E-state index in [-0.39, 0.29) is 23.7 Å². The van der Waals surface area contributed by atoms with Crippen LogP contribution in [0, 0.1) is 17.8 Å². The summed E-state index contributed by atoms with van der Waals surface area (Å²) in [7, 11) is 1.57. The molecule has 0 saturated heterocycles. The molecule has 2 aliphatic carbocycles. The van der Waals surface area contributed by atoms with Crippen LogP contribution in [0.2, 0.25) is 5.02 Å². The largest absolute Gasteiger partial charge is 0.481 e. The number of hydrogen-bond acceptors (Lipinski definition) is 8. The molecule has 0 bridgehead atoms. The summed E-state index contributed by atoms with van der Waals surface area (Å²) >= 11 is 5.94. The first kappa shape index (κ1) is 29.2. The number of anilines is 1. The van der Waals surface area contributed by atoms with Crippen molar-refractivity contribution in [3.63, 3.8) is 0 Å². The smallest absolute Gasteiger partial charge is 0.270 e. The van der Waals surface area contributed by atoms with Crippen LogP contribution in [0.15, 0.2) is 41.9 Å². The van der Waals surface area contributed by atoms with Gasteiger partial charge >= 0.3 is 0 Å². The van der Waals surface area contributed by atoms with E-state index < -0.39 is 6.04 Å². The zero-order valence-corrected chi connectivity index (χ0v) is 23.1. The van der Waals surface area contributed by atoms with Crippen molar-refractivity contribution in [3.05, 3.63) is 47.5 Å². The molecular weight excluding hydrogens is 506 g/mol. The normalized spacial score (nSPS) is 17.2. The summed E-state index contributed by atoms with van der Waals surface area (Å²) in [5.74, 6) is 1.73. The maximum Gasteiger partial charge on any atom is 0.270 e. The average Bonchev–Trinajstić information content (AvgIpc) is 3.83. The van der Waals surface area contributed by atoms with E-state index >= 15 is 0 Å². The van der Waals surface area contributed by atoms with E-state index in [1.165, 1.54) is 38.0 Å². The van der Waals surface area contributed by atoms with E-state index in [0.29, 0.717) is 34.3 Å². The Morgan fingerprint density at radius 1 is 1.24 bits per heavy atom. The Morgan fingerprint density at radius 2 is 1.89 bits per heavy atom. The lowest BCUT2D eigenvalue weighted by Gasteiger charge is -2.23. The molecule has 206 valence electrons. The maximum absolute atomic E-state index is 12.3. The molecule has 2 fully saturated rings. The predicted molar refractivity (Wildman–Crippen MR) is 149 cm³/mol. The minimum Gasteiger partial charge on any atom is -0.481 e. The number of methoxy groups -OCH3 is 1. The Bertz CT molecular complexity index is 1140. The number of aliphatic imine (C=N–C) groups is 1. The Labute approximate surface area is 228 Å². The number of carbonyl (C=O) groups is 2. The summed E-state index contributed by atoms with van der Waals surface area (Å²) in [4.78, 5) is 32.2. The monoisotopic (exact) mass is 543 g/mol. The van der Waals surface area contributed by atoms with Crippen LogP contribution in [0.3, 0.4) is 0 Å². The number of nitrogens with two attached hydrogens (primary N) is 2. The Balaban J connectivity index is 0.000000215. The van der Waals surface area contributed by atoms with Crippen molar-refractivity contribution < 1.29 is 14.3 Å². The first-order valence-electron chi connectivity index (χ1n) is 12.9. The van der Waals surface area contributed by atoms with Gasteiger partial charge < -0.3 is 26.3 Å². The average molecular weight is 544 g/mol. The number of aldehydes is 1. The number of nitrogen functional groups attached to an aromatic ring is 1. The van der Waals surface area contributed by atoms with Gasteiger partial charge in [0.05, 0.1) is 36.1 Å². The number of hydrogen-bond donors (Lipinski definition) is 3. The third-order valence-electron chi connectivity index (χ3n) is 6.58. The molecule has 0 aromatic carbocycles. The van der Waals surface area contributed by atoms with Crippen LogP contribution in [0.5, 0.6) is 5.88 Å². The molecule has 38 heavy (non-hydrogen) atoms. The van der Waals surface area contributed by atoms with E-state index in [1.54, 1.807) is 30.4 Å². The molecule has 1 amide bonds. The van der Waals surface area contributed by atoms with Crippen LogP contribution >= 0.6 is 11.6 Å². The molecule has 5 N–H and O–H groups in total. The molecule has 2 saturated carbocycles. The van der Waals surface area contributed by atoms with Gasteiger partial charge in [-0.1, -0.05) is 11.6 Å². The van der Waals surface area contributed by atoms with Gasteiger partial charge in [0.2, 0.25) is 5.88 Å². The summed E-state index contributed by atoms with van der Waals surface area (Å²) in [6.45, 7) is 5.76. The van der Waals surface area contributed by atoms with Crippen molar-refractivity contribution in [1.29, 1.82) is 0 Å². The Kier molecular flexibility index (Phi) is 10.3. The molecule has 2 heterocycles. The number of rotatable bonds is 11. The van der Waals surface area contributed by atoms with Crippen molar-refractivity contribution in [2.24, 2.45) is 28.5 Å². The third kappa shape index (κ3) is 8.05. The van der Waals surface area contributed by atoms with Crippen LogP contribution < -0.4 is 21.5 Å². The van der Waals surface area contributed by atoms with Crippen molar-refractivity contribution in [2.75, 3.05) is 12.8 Å². The number of carbonyl (C=O) groups excluding carboxylic acids is 2. The van der Waals surface area contributed by atoms with Gasteiger partial charge in [-0.2, -0.15) is 5.10 Å². The van der Waals surface area contributed by atoms with E-state index in [1.807, 2.05) is 26.8 Å². The Hall–Kier alpha value is -3.40. The van der Waals surface area contributed by atoms with Crippen LogP contribution in [-0.2, 0) is 9.59 Å². The fourth-order valence-corrected chi connectivity index (χ4v) is 4.71. The van der Waals surface area contributed by atoms with E-state index in [9.17, 15) is 9.59 Å². The number of nitrogens with one attached hydrogen (secondary N) is 1. The molecular formula is C27H38ClN7O3. The summed E-state index contributed by atoms with van der Waals surface area (Å²) < 4.78 is 6.95. The van der Waals surface area contributed by atoms with E-state index in [2.05, 4.69) is 20.4 Å². The second-order valence-corrected chi connectivity index (χ2v) is 10.5. The summed E-state index contributed by atoms with van der Waals surface area (Å²) in [6, 6.07) is 1.37. The van der Waals surface area contributed by atoms with Crippen LogP contribution in [0.1, 0.15) is 58.1 Å². The first-order valence-corrected chi connectivity index (χ1v) is 13.3. The first-order chi connectivity index (χ1) is 18.2. The van der Waals surface area contributed by atoms with Gasteiger partial charge in [-0.15, -0.1) is 0 Å². The zero-order chi connectivity index (χ0) is 27.8. The fraction of sp³-hybridized carbons (Fsp3) is 0.519. The summed E-state index contributed by atoms with van der Waals surface area (Å²) in [6.07, 6.45) is 13.3. The van der Waals surface area contributed by atoms with Gasteiger partial charge in [0.15, 0.2) is 0 Å². The van der Waals surface area contributed by atoms with Crippen molar-refractivity contribution >= 4 is 35.2 Å². The fourth-order valence-electron chi connectivity index (χ4n) is 4.55. The third-order valence-corrected chi connectivity index (χ3v) is 6.79. The molecule has 11 heteroatoms. The molecule has 0 radical (unpaired) electrons. The van der Waals surface area contributed by atoms with Gasteiger partial charge in [-0.25, -0.2) is 4.98 Å². The SMILES string of the molecule is CC(C)N=C(/C=C\N)C(=O)NC(C=O)C(C1CC1)C1CC1.COc1ncc(Cl)cc1C(C)n1cc(N)cn1. The molecule has 2 aromatic rings. The minimum atomic E-state index is -0.402. The van der Waals surface area contributed by atoms with Gasteiger partial charge in [-0.3, -0.25) is 14.5 Å². The molecule has 2 atom stereocenters. The van der Waals surface area contributed by atoms with Crippen LogP contribution in [-0.4, -0.2) is 51.9 Å². The number of nitrogens with zero attached hydrogens (tertiary/aromatic N) is 4. The highest BCUT2D eigenvalue weighted by Gasteiger charge is 2.46. The van der Waals surface area contributed by atoms with E-state index in [4.69, 9.17) is 27.8 Å². The molecule has 2 aliphatic rings. The topological polar surface area (TPSA) is 151 Å². The van der Waals surface area contributed by atoms with Gasteiger partial charge in [0.25, 0.3) is 5.91 Å². The van der Waals surface area contributed by atoms with Crippen molar-refractivity contribution in [2.45, 2.75) is 64.6 Å². The van der Waals surface area contributed by atoms with Crippen LogP contribution in [0.25, 0.3) is 0 Å². The lowest BCUT2D eigenvalue weighted by Crippen LogP contribution is -2.45.